The molecule has 0 aromatic heterocycles. The molecule has 1 fully saturated rings. The van der Waals surface area contributed by atoms with Crippen LogP contribution in [0.3, 0.4) is 0 Å². The second-order valence-electron chi connectivity index (χ2n) is 4.76. The molecule has 1 unspecified atom stereocenters. The summed E-state index contributed by atoms with van der Waals surface area (Å²) in [5.41, 5.74) is 0. The van der Waals surface area contributed by atoms with Crippen molar-refractivity contribution in [1.82, 2.24) is 9.80 Å². The average molecular weight is 258 g/mol. The van der Waals surface area contributed by atoms with Crippen LogP contribution in [0.2, 0.25) is 0 Å². The van der Waals surface area contributed by atoms with Crippen LogP contribution in [-0.2, 0) is 9.53 Å². The van der Waals surface area contributed by atoms with Crippen LogP contribution in [0.1, 0.15) is 26.2 Å². The molecule has 1 rings (SSSR count). The Labute approximate surface area is 110 Å². The highest BCUT2D eigenvalue weighted by Gasteiger charge is 2.24. The topological polar surface area (TPSA) is 53.0 Å². The van der Waals surface area contributed by atoms with Crippen molar-refractivity contribution in [2.75, 3.05) is 46.5 Å². The standard InChI is InChI=1S/C13H26N2O3/c1-3-12(11-16)14-6-8-15(9-7-14)13(17)5-4-10-18-2/h12,16H,3-11H2,1-2H3. The molecule has 5 nitrogen and oxygen atoms in total. The minimum Gasteiger partial charge on any atom is -0.395 e. The molecule has 0 spiro atoms. The highest BCUT2D eigenvalue weighted by atomic mass is 16.5. The molecule has 0 radical (unpaired) electrons. The third kappa shape index (κ3) is 4.55. The van der Waals surface area contributed by atoms with Gasteiger partial charge in [0.15, 0.2) is 0 Å². The Bertz CT molecular complexity index is 236. The molecular weight excluding hydrogens is 232 g/mol. The van der Waals surface area contributed by atoms with E-state index in [0.717, 1.165) is 39.0 Å². The summed E-state index contributed by atoms with van der Waals surface area (Å²) in [4.78, 5) is 16.1. The lowest BCUT2D eigenvalue weighted by molar-refractivity contribution is -0.133. The number of aliphatic hydroxyl groups is 1. The minimum absolute atomic E-state index is 0.207. The maximum Gasteiger partial charge on any atom is 0.222 e. The Kier molecular flexibility index (Phi) is 7.23. The van der Waals surface area contributed by atoms with E-state index < -0.39 is 0 Å². The number of carbonyl (C=O) groups is 1. The van der Waals surface area contributed by atoms with Crippen LogP contribution in [-0.4, -0.2) is 73.4 Å². The summed E-state index contributed by atoms with van der Waals surface area (Å²) >= 11 is 0. The van der Waals surface area contributed by atoms with E-state index in [1.54, 1.807) is 7.11 Å². The Hall–Kier alpha value is -0.650. The van der Waals surface area contributed by atoms with E-state index in [2.05, 4.69) is 11.8 Å². The zero-order valence-electron chi connectivity index (χ0n) is 11.6. The van der Waals surface area contributed by atoms with Gasteiger partial charge in [0.2, 0.25) is 5.91 Å². The van der Waals surface area contributed by atoms with Gasteiger partial charge in [-0.1, -0.05) is 6.92 Å². The van der Waals surface area contributed by atoms with Gasteiger partial charge in [0.25, 0.3) is 0 Å². The molecule has 18 heavy (non-hydrogen) atoms. The number of hydrogen-bond acceptors (Lipinski definition) is 4. The molecule has 0 aliphatic carbocycles. The molecule has 1 N–H and O–H groups in total. The molecule has 0 aromatic carbocycles. The summed E-state index contributed by atoms with van der Waals surface area (Å²) in [6.45, 7) is 6.24. The second kappa shape index (κ2) is 8.45. The molecule has 0 bridgehead atoms. The summed E-state index contributed by atoms with van der Waals surface area (Å²) in [6, 6.07) is 0.246. The fourth-order valence-corrected chi connectivity index (χ4v) is 2.37. The van der Waals surface area contributed by atoms with Crippen molar-refractivity contribution in [3.8, 4) is 0 Å². The van der Waals surface area contributed by atoms with Gasteiger partial charge in [0.05, 0.1) is 6.61 Å². The van der Waals surface area contributed by atoms with Gasteiger partial charge in [-0.25, -0.2) is 0 Å². The SMILES string of the molecule is CCC(CO)N1CCN(C(=O)CCCOC)CC1. The average Bonchev–Trinajstić information content (AvgIpc) is 2.41. The molecule has 1 amide bonds. The molecular formula is C13H26N2O3. The number of nitrogens with zero attached hydrogens (tertiary/aromatic N) is 2. The van der Waals surface area contributed by atoms with Crippen LogP contribution in [0.5, 0.6) is 0 Å². The molecule has 0 saturated carbocycles. The fraction of sp³-hybridized carbons (Fsp3) is 0.923. The first-order valence-electron chi connectivity index (χ1n) is 6.84. The van der Waals surface area contributed by atoms with Gasteiger partial charge in [-0.15, -0.1) is 0 Å². The number of methoxy groups -OCH3 is 1. The number of hydrogen-bond donors (Lipinski definition) is 1. The lowest BCUT2D eigenvalue weighted by Gasteiger charge is -2.38. The summed E-state index contributed by atoms with van der Waals surface area (Å²) in [5.74, 6) is 0.226. The van der Waals surface area contributed by atoms with Crippen molar-refractivity contribution in [2.24, 2.45) is 0 Å². The van der Waals surface area contributed by atoms with Crippen LogP contribution >= 0.6 is 0 Å². The van der Waals surface area contributed by atoms with E-state index in [4.69, 9.17) is 4.74 Å². The van der Waals surface area contributed by atoms with Gasteiger partial charge in [0.1, 0.15) is 0 Å². The highest BCUT2D eigenvalue weighted by molar-refractivity contribution is 5.76. The van der Waals surface area contributed by atoms with Crippen LogP contribution in [0, 0.1) is 0 Å². The number of amides is 1. The van der Waals surface area contributed by atoms with Gasteiger partial charge in [0, 0.05) is 52.4 Å². The number of piperazine rings is 1. The summed E-state index contributed by atoms with van der Waals surface area (Å²) in [6.07, 6.45) is 2.33. The molecule has 106 valence electrons. The first kappa shape index (κ1) is 15.4. The Morgan fingerprint density at radius 2 is 2.00 bits per heavy atom. The summed E-state index contributed by atoms with van der Waals surface area (Å²) < 4.78 is 4.95. The maximum atomic E-state index is 11.9. The van der Waals surface area contributed by atoms with Crippen molar-refractivity contribution < 1.29 is 14.6 Å². The van der Waals surface area contributed by atoms with Crippen molar-refractivity contribution in [3.05, 3.63) is 0 Å². The predicted molar refractivity (Wildman–Crippen MR) is 70.4 cm³/mol. The molecule has 0 aromatic rings. The first-order valence-corrected chi connectivity index (χ1v) is 6.84. The van der Waals surface area contributed by atoms with Gasteiger partial charge < -0.3 is 14.7 Å². The van der Waals surface area contributed by atoms with Crippen LogP contribution in [0.25, 0.3) is 0 Å². The molecule has 1 atom stereocenters. The van der Waals surface area contributed by atoms with Crippen LogP contribution in [0.15, 0.2) is 0 Å². The smallest absolute Gasteiger partial charge is 0.222 e. The Morgan fingerprint density at radius 1 is 1.33 bits per heavy atom. The summed E-state index contributed by atoms with van der Waals surface area (Å²) in [5, 5.41) is 9.26. The van der Waals surface area contributed by atoms with E-state index in [1.165, 1.54) is 0 Å². The quantitative estimate of drug-likeness (QED) is 0.669. The largest absolute Gasteiger partial charge is 0.395 e. The first-order chi connectivity index (χ1) is 8.72. The van der Waals surface area contributed by atoms with E-state index in [9.17, 15) is 9.90 Å². The van der Waals surface area contributed by atoms with Crippen molar-refractivity contribution in [1.29, 1.82) is 0 Å². The Morgan fingerprint density at radius 3 is 2.50 bits per heavy atom. The van der Waals surface area contributed by atoms with Crippen LogP contribution < -0.4 is 0 Å². The van der Waals surface area contributed by atoms with E-state index in [0.29, 0.717) is 13.0 Å². The molecule has 1 aliphatic rings. The lowest BCUT2D eigenvalue weighted by atomic mass is 10.1. The monoisotopic (exact) mass is 258 g/mol. The predicted octanol–water partition coefficient (Wildman–Crippen LogP) is 0.328. The van der Waals surface area contributed by atoms with Gasteiger partial charge >= 0.3 is 0 Å². The van der Waals surface area contributed by atoms with E-state index >= 15 is 0 Å². The maximum absolute atomic E-state index is 11.9. The molecule has 1 aliphatic heterocycles. The number of aliphatic hydroxyl groups excluding tert-OH is 1. The minimum atomic E-state index is 0.207. The van der Waals surface area contributed by atoms with Crippen molar-refractivity contribution >= 4 is 5.91 Å². The highest BCUT2D eigenvalue weighted by Crippen LogP contribution is 2.10. The second-order valence-corrected chi connectivity index (χ2v) is 4.76. The molecule has 5 heteroatoms. The third-order valence-corrected chi connectivity index (χ3v) is 3.60. The zero-order chi connectivity index (χ0) is 13.4. The van der Waals surface area contributed by atoms with Crippen LogP contribution in [0.4, 0.5) is 0 Å². The van der Waals surface area contributed by atoms with Gasteiger partial charge in [-0.3, -0.25) is 9.69 Å². The number of ether oxygens (including phenoxy) is 1. The fourth-order valence-electron chi connectivity index (χ4n) is 2.37. The number of carbonyl (C=O) groups excluding carboxylic acids is 1. The third-order valence-electron chi connectivity index (χ3n) is 3.60. The zero-order valence-corrected chi connectivity index (χ0v) is 11.6. The molecule has 1 saturated heterocycles. The normalized spacial score (nSPS) is 18.9. The van der Waals surface area contributed by atoms with Crippen molar-refractivity contribution in [2.45, 2.75) is 32.2 Å². The lowest BCUT2D eigenvalue weighted by Crippen LogP contribution is -2.52. The van der Waals surface area contributed by atoms with Crippen molar-refractivity contribution in [3.63, 3.8) is 0 Å². The van der Waals surface area contributed by atoms with Gasteiger partial charge in [-0.2, -0.15) is 0 Å². The van der Waals surface area contributed by atoms with Gasteiger partial charge in [-0.05, 0) is 12.8 Å². The summed E-state index contributed by atoms with van der Waals surface area (Å²) in [7, 11) is 1.66. The molecule has 1 heterocycles. The van der Waals surface area contributed by atoms with E-state index in [1.807, 2.05) is 4.90 Å². The number of rotatable bonds is 7. The van der Waals surface area contributed by atoms with E-state index in [-0.39, 0.29) is 18.6 Å². The Balaban J connectivity index is 2.27.